The maximum absolute atomic E-state index is 12.4. The lowest BCUT2D eigenvalue weighted by atomic mass is 10.1. The molecule has 2 N–H and O–H groups in total. The number of hydrogen-bond donors (Lipinski definition) is 2. The molecule has 0 bridgehead atoms. The number of aryl methyl sites for hydroxylation is 1. The van der Waals surface area contributed by atoms with Gasteiger partial charge in [0.05, 0.1) is 4.90 Å². The third kappa shape index (κ3) is 3.56. The summed E-state index contributed by atoms with van der Waals surface area (Å²) in [6.07, 6.45) is 0.875. The maximum Gasteiger partial charge on any atom is 0.263 e. The Morgan fingerprint density at radius 1 is 1.20 bits per heavy atom. The van der Waals surface area contributed by atoms with Gasteiger partial charge in [0.1, 0.15) is 11.9 Å². The van der Waals surface area contributed by atoms with E-state index in [1.54, 1.807) is 25.1 Å². The number of benzene rings is 2. The highest BCUT2D eigenvalue weighted by molar-refractivity contribution is 7.90. The Hall–Kier alpha value is -2.67. The maximum atomic E-state index is 12.4. The molecule has 0 spiro atoms. The third-order valence-electron chi connectivity index (χ3n) is 3.97. The fraction of sp³-hybridized carbons (Fsp3) is 0.222. The molecule has 1 atom stereocenters. The van der Waals surface area contributed by atoms with Gasteiger partial charge in [-0.05, 0) is 43.2 Å². The molecular formula is C18H19N3O3S. The van der Waals surface area contributed by atoms with Crippen molar-refractivity contribution in [2.45, 2.75) is 31.2 Å². The van der Waals surface area contributed by atoms with E-state index < -0.39 is 16.1 Å². The van der Waals surface area contributed by atoms with Gasteiger partial charge in [0.25, 0.3) is 10.0 Å². The molecule has 25 heavy (non-hydrogen) atoms. The molecule has 1 heterocycles. The van der Waals surface area contributed by atoms with E-state index in [1.165, 1.54) is 6.07 Å². The van der Waals surface area contributed by atoms with Crippen molar-refractivity contribution in [1.82, 2.24) is 4.72 Å². The number of nitrogens with one attached hydrogen (secondary N) is 2. The van der Waals surface area contributed by atoms with E-state index >= 15 is 0 Å². The number of aliphatic imine (C=N–C) groups is 1. The van der Waals surface area contributed by atoms with E-state index in [4.69, 9.17) is 0 Å². The van der Waals surface area contributed by atoms with Crippen LogP contribution in [0.1, 0.15) is 25.0 Å². The minimum Gasteiger partial charge on any atom is -0.324 e. The van der Waals surface area contributed by atoms with E-state index in [2.05, 4.69) is 15.0 Å². The molecule has 1 aliphatic heterocycles. The smallest absolute Gasteiger partial charge is 0.263 e. The van der Waals surface area contributed by atoms with Gasteiger partial charge in [-0.15, -0.1) is 0 Å². The normalized spacial score (nSPS) is 17.6. The molecule has 1 amide bonds. The Kier molecular flexibility index (Phi) is 4.59. The number of fused-ring (bicyclic) bond motifs is 1. The van der Waals surface area contributed by atoms with E-state index in [9.17, 15) is 13.2 Å². The Morgan fingerprint density at radius 3 is 2.72 bits per heavy atom. The number of amidine groups is 1. The first-order valence-corrected chi connectivity index (χ1v) is 9.49. The van der Waals surface area contributed by atoms with Crippen LogP contribution in [-0.4, -0.2) is 26.2 Å². The van der Waals surface area contributed by atoms with Gasteiger partial charge in [0.15, 0.2) is 0 Å². The number of sulfonamides is 1. The third-order valence-corrected chi connectivity index (χ3v) is 5.36. The zero-order valence-corrected chi connectivity index (χ0v) is 14.8. The molecule has 0 aliphatic carbocycles. The minimum atomic E-state index is -3.61. The standard InChI is InChI=1S/C18H19N3O3S/c1-3-13-7-6-8-14(11-13)20-18(22)12(2)19-17-15-9-4-5-10-16(15)25(23,24)21-17/h4-12H,3H2,1-2H3,(H,19,21)(H,20,22)/t12-/m0/s1. The van der Waals surface area contributed by atoms with Crippen LogP contribution in [0.4, 0.5) is 5.69 Å². The molecule has 2 aromatic carbocycles. The van der Waals surface area contributed by atoms with Crippen LogP contribution < -0.4 is 10.0 Å². The van der Waals surface area contributed by atoms with Crippen molar-refractivity contribution in [3.63, 3.8) is 0 Å². The van der Waals surface area contributed by atoms with Gasteiger partial charge >= 0.3 is 0 Å². The highest BCUT2D eigenvalue weighted by Crippen LogP contribution is 2.22. The summed E-state index contributed by atoms with van der Waals surface area (Å²) in [5, 5.41) is 2.81. The number of amides is 1. The molecule has 6 nitrogen and oxygen atoms in total. The highest BCUT2D eigenvalue weighted by Gasteiger charge is 2.31. The molecule has 2 aromatic rings. The number of anilines is 1. The van der Waals surface area contributed by atoms with Crippen molar-refractivity contribution < 1.29 is 13.2 Å². The lowest BCUT2D eigenvalue weighted by molar-refractivity contribution is -0.117. The van der Waals surface area contributed by atoms with E-state index in [1.807, 2.05) is 31.2 Å². The second kappa shape index (κ2) is 6.68. The quantitative estimate of drug-likeness (QED) is 0.880. The summed E-state index contributed by atoms with van der Waals surface area (Å²) in [6, 6.07) is 13.4. The van der Waals surface area contributed by atoms with Crippen LogP contribution in [0.25, 0.3) is 0 Å². The monoisotopic (exact) mass is 357 g/mol. The number of nitrogens with zero attached hydrogens (tertiary/aromatic N) is 1. The van der Waals surface area contributed by atoms with Crippen molar-refractivity contribution in [3.8, 4) is 0 Å². The molecule has 0 radical (unpaired) electrons. The Bertz CT molecular complexity index is 952. The summed E-state index contributed by atoms with van der Waals surface area (Å²) in [7, 11) is -3.61. The van der Waals surface area contributed by atoms with Gasteiger partial charge in [-0.2, -0.15) is 0 Å². The molecule has 0 saturated heterocycles. The predicted octanol–water partition coefficient (Wildman–Crippen LogP) is 2.31. The van der Waals surface area contributed by atoms with E-state index in [0.29, 0.717) is 11.3 Å². The number of rotatable bonds is 4. The number of carbonyl (C=O) groups excluding carboxylic acids is 1. The summed E-state index contributed by atoms with van der Waals surface area (Å²) in [5.41, 5.74) is 2.30. The predicted molar refractivity (Wildman–Crippen MR) is 97.2 cm³/mol. The molecule has 0 aromatic heterocycles. The zero-order valence-electron chi connectivity index (χ0n) is 14.0. The van der Waals surface area contributed by atoms with Gasteiger partial charge in [-0.1, -0.05) is 31.2 Å². The summed E-state index contributed by atoms with van der Waals surface area (Å²) in [6.45, 7) is 3.67. The van der Waals surface area contributed by atoms with E-state index in [0.717, 1.165) is 12.0 Å². The van der Waals surface area contributed by atoms with Crippen molar-refractivity contribution in [2.75, 3.05) is 5.32 Å². The second-order valence-electron chi connectivity index (χ2n) is 5.80. The molecule has 0 fully saturated rings. The number of hydrogen-bond acceptors (Lipinski definition) is 4. The highest BCUT2D eigenvalue weighted by atomic mass is 32.2. The Balaban J connectivity index is 1.81. The Labute approximate surface area is 147 Å². The summed E-state index contributed by atoms with van der Waals surface area (Å²) in [5.74, 6) is -0.107. The van der Waals surface area contributed by atoms with Gasteiger partial charge in [0.2, 0.25) is 5.91 Å². The summed E-state index contributed by atoms with van der Waals surface area (Å²) < 4.78 is 26.6. The van der Waals surface area contributed by atoms with Crippen molar-refractivity contribution >= 4 is 27.5 Å². The SMILES string of the molecule is CCc1cccc(NC(=O)[C@H](C)N=C2NS(=O)(=O)c3ccccc32)c1. The second-order valence-corrected chi connectivity index (χ2v) is 7.45. The minimum absolute atomic E-state index is 0.178. The van der Waals surface area contributed by atoms with Crippen LogP contribution in [0.3, 0.4) is 0 Å². The van der Waals surface area contributed by atoms with Gasteiger partial charge in [-0.25, -0.2) is 8.42 Å². The average Bonchev–Trinajstić information content (AvgIpc) is 2.86. The molecule has 3 rings (SSSR count). The topological polar surface area (TPSA) is 87.6 Å². The van der Waals surface area contributed by atoms with Crippen LogP contribution in [-0.2, 0) is 21.2 Å². The first-order valence-electron chi connectivity index (χ1n) is 8.00. The average molecular weight is 357 g/mol. The molecular weight excluding hydrogens is 338 g/mol. The van der Waals surface area contributed by atoms with Gasteiger partial charge in [-0.3, -0.25) is 14.5 Å². The molecule has 130 valence electrons. The lowest BCUT2D eigenvalue weighted by Crippen LogP contribution is -2.28. The Morgan fingerprint density at radius 2 is 1.96 bits per heavy atom. The van der Waals surface area contributed by atoms with Crippen LogP contribution >= 0.6 is 0 Å². The van der Waals surface area contributed by atoms with Crippen LogP contribution in [0.2, 0.25) is 0 Å². The van der Waals surface area contributed by atoms with Crippen LogP contribution in [0.5, 0.6) is 0 Å². The summed E-state index contributed by atoms with van der Waals surface area (Å²) in [4.78, 5) is 16.8. The fourth-order valence-electron chi connectivity index (χ4n) is 2.60. The first kappa shape index (κ1) is 17.2. The molecule has 1 aliphatic rings. The first-order chi connectivity index (χ1) is 11.9. The van der Waals surface area contributed by atoms with Crippen molar-refractivity contribution in [1.29, 1.82) is 0 Å². The molecule has 7 heteroatoms. The van der Waals surface area contributed by atoms with E-state index in [-0.39, 0.29) is 16.6 Å². The van der Waals surface area contributed by atoms with Crippen molar-refractivity contribution in [2.24, 2.45) is 4.99 Å². The lowest BCUT2D eigenvalue weighted by Gasteiger charge is -2.10. The largest absolute Gasteiger partial charge is 0.324 e. The van der Waals surface area contributed by atoms with Crippen LogP contribution in [0.15, 0.2) is 58.4 Å². The summed E-state index contributed by atoms with van der Waals surface area (Å²) >= 11 is 0. The zero-order chi connectivity index (χ0) is 18.0. The fourth-order valence-corrected chi connectivity index (χ4v) is 3.84. The van der Waals surface area contributed by atoms with Gasteiger partial charge < -0.3 is 5.32 Å². The van der Waals surface area contributed by atoms with Gasteiger partial charge in [0, 0.05) is 11.3 Å². The van der Waals surface area contributed by atoms with Crippen molar-refractivity contribution in [3.05, 3.63) is 59.7 Å². The number of carbonyl (C=O) groups is 1. The molecule has 0 unspecified atom stereocenters. The molecule has 0 saturated carbocycles. The van der Waals surface area contributed by atoms with Crippen LogP contribution in [0, 0.1) is 0 Å².